The van der Waals surface area contributed by atoms with Crippen LogP contribution in [0.1, 0.15) is 19.4 Å². The number of hydrogen-bond donors (Lipinski definition) is 4. The second-order valence-electron chi connectivity index (χ2n) is 6.73. The van der Waals surface area contributed by atoms with Crippen molar-refractivity contribution in [2.75, 3.05) is 10.6 Å². The molecule has 0 aliphatic heterocycles. The van der Waals surface area contributed by atoms with Gasteiger partial charge in [-0.05, 0) is 42.8 Å². The van der Waals surface area contributed by atoms with Gasteiger partial charge in [0, 0.05) is 17.3 Å². The van der Waals surface area contributed by atoms with Crippen LogP contribution in [0.4, 0.5) is 16.2 Å². The molecular formula is C20H20Cl2N4O5. The van der Waals surface area contributed by atoms with E-state index in [4.69, 9.17) is 38.8 Å². The number of carboxylic acid groups (broad SMARTS) is 1. The Morgan fingerprint density at radius 3 is 2.23 bits per heavy atom. The fourth-order valence-electron chi connectivity index (χ4n) is 2.31. The molecule has 0 unspecified atom stereocenters. The highest BCUT2D eigenvalue weighted by Gasteiger charge is 2.16. The number of carbonyl (C=O) groups excluding carboxylic acids is 2. The first-order chi connectivity index (χ1) is 14.5. The maximum Gasteiger partial charge on any atom is 0.433 e. The highest BCUT2D eigenvalue weighted by Crippen LogP contribution is 2.39. The molecule has 0 aliphatic rings. The second-order valence-corrected chi connectivity index (χ2v) is 7.54. The summed E-state index contributed by atoms with van der Waals surface area (Å²) in [6, 6.07) is 7.78. The van der Waals surface area contributed by atoms with Gasteiger partial charge in [-0.2, -0.15) is 4.99 Å². The molecule has 0 saturated heterocycles. The first-order valence-electron chi connectivity index (χ1n) is 8.94. The van der Waals surface area contributed by atoms with Crippen LogP contribution in [0.25, 0.3) is 0 Å². The number of aryl methyl sites for hydroxylation is 1. The summed E-state index contributed by atoms with van der Waals surface area (Å²) in [7, 11) is 0. The van der Waals surface area contributed by atoms with Crippen LogP contribution in [0.3, 0.4) is 0 Å². The smallest absolute Gasteiger partial charge is 0.433 e. The predicted molar refractivity (Wildman–Crippen MR) is 119 cm³/mol. The van der Waals surface area contributed by atoms with E-state index in [2.05, 4.69) is 15.6 Å². The number of carbonyl (C=O) groups is 3. The monoisotopic (exact) mass is 466 g/mol. The van der Waals surface area contributed by atoms with Crippen LogP contribution in [-0.4, -0.2) is 28.8 Å². The van der Waals surface area contributed by atoms with Gasteiger partial charge in [0.25, 0.3) is 5.91 Å². The largest absolute Gasteiger partial charge is 0.463 e. The zero-order chi connectivity index (χ0) is 23.3. The van der Waals surface area contributed by atoms with Gasteiger partial charge in [0.15, 0.2) is 11.6 Å². The van der Waals surface area contributed by atoms with E-state index in [9.17, 15) is 14.4 Å². The summed E-state index contributed by atoms with van der Waals surface area (Å²) in [5.41, 5.74) is 6.88. The van der Waals surface area contributed by atoms with Crippen molar-refractivity contribution in [1.82, 2.24) is 0 Å². The number of halogens is 2. The number of nitrogens with two attached hydrogens (primary N) is 1. The zero-order valence-electron chi connectivity index (χ0n) is 16.8. The topological polar surface area (TPSA) is 143 Å². The molecule has 5 N–H and O–H groups in total. The van der Waals surface area contributed by atoms with Gasteiger partial charge in [-0.3, -0.25) is 9.59 Å². The molecule has 2 aromatic rings. The molecule has 164 valence electrons. The molecule has 11 heteroatoms. The van der Waals surface area contributed by atoms with Gasteiger partial charge in [-0.1, -0.05) is 37.0 Å². The third-order valence-corrected chi connectivity index (χ3v) is 4.47. The Morgan fingerprint density at radius 1 is 1.10 bits per heavy atom. The number of benzene rings is 2. The minimum atomic E-state index is -1.60. The lowest BCUT2D eigenvalue weighted by Crippen LogP contribution is -2.31. The normalized spacial score (nSPS) is 11.2. The lowest BCUT2D eigenvalue weighted by atomic mass is 10.1. The van der Waals surface area contributed by atoms with Gasteiger partial charge in [0.05, 0.1) is 10.0 Å². The Hall–Kier alpha value is -3.30. The Bertz CT molecular complexity index is 1050. The predicted octanol–water partition coefficient (Wildman–Crippen LogP) is 4.66. The van der Waals surface area contributed by atoms with Gasteiger partial charge in [0.2, 0.25) is 5.91 Å². The fraction of sp³-hybridized carbons (Fsp3) is 0.200. The first-order valence-corrected chi connectivity index (χ1v) is 9.70. The fourth-order valence-corrected chi connectivity index (χ4v) is 2.88. The van der Waals surface area contributed by atoms with Gasteiger partial charge < -0.3 is 26.2 Å². The minimum absolute atomic E-state index is 0.0892. The van der Waals surface area contributed by atoms with E-state index in [1.807, 2.05) is 6.92 Å². The zero-order valence-corrected chi connectivity index (χ0v) is 18.3. The van der Waals surface area contributed by atoms with E-state index >= 15 is 0 Å². The molecule has 0 radical (unpaired) electrons. The Kier molecular flexibility index (Phi) is 7.84. The number of nitrogens with one attached hydrogen (secondary N) is 2. The molecule has 2 aromatic carbocycles. The Labute approximate surface area is 188 Å². The quantitative estimate of drug-likeness (QED) is 0.372. The molecule has 0 aromatic heterocycles. The molecule has 0 spiro atoms. The van der Waals surface area contributed by atoms with Crippen LogP contribution in [-0.2, 0) is 9.59 Å². The molecule has 0 atom stereocenters. The number of ether oxygens (including phenoxy) is 1. The van der Waals surface area contributed by atoms with Crippen molar-refractivity contribution < 1.29 is 24.2 Å². The summed E-state index contributed by atoms with van der Waals surface area (Å²) in [5, 5.41) is 13.9. The molecule has 0 aliphatic carbocycles. The van der Waals surface area contributed by atoms with Gasteiger partial charge >= 0.3 is 6.09 Å². The maximum atomic E-state index is 11.9. The van der Waals surface area contributed by atoms with Crippen molar-refractivity contribution >= 4 is 58.3 Å². The number of amides is 3. The molecule has 3 amide bonds. The lowest BCUT2D eigenvalue weighted by Gasteiger charge is -2.14. The van der Waals surface area contributed by atoms with E-state index < -0.39 is 17.8 Å². The molecule has 0 fully saturated rings. The minimum Gasteiger partial charge on any atom is -0.463 e. The standard InChI is InChI=1S/C20H20Cl2N4O5/c1-9(2)18(27)25-15-5-4-12(6-10(15)3)31-16-13(21)7-11(8-14(16)22)24-19(28)17(23)26-20(29)30/h4-9H,1-3H3,(H2,23,26)(H,24,28)(H,25,27)(H,29,30). The molecule has 31 heavy (non-hydrogen) atoms. The van der Waals surface area contributed by atoms with E-state index in [1.165, 1.54) is 12.1 Å². The third-order valence-electron chi connectivity index (χ3n) is 3.90. The highest BCUT2D eigenvalue weighted by atomic mass is 35.5. The van der Waals surface area contributed by atoms with Crippen LogP contribution >= 0.6 is 23.2 Å². The highest BCUT2D eigenvalue weighted by molar-refractivity contribution is 6.43. The Morgan fingerprint density at radius 2 is 1.71 bits per heavy atom. The average molecular weight is 467 g/mol. The van der Waals surface area contributed by atoms with E-state index in [0.717, 1.165) is 5.56 Å². The molecule has 2 rings (SSSR count). The van der Waals surface area contributed by atoms with Crippen molar-refractivity contribution in [3.63, 3.8) is 0 Å². The first kappa shape index (κ1) is 24.0. The van der Waals surface area contributed by atoms with Gasteiger partial charge in [-0.15, -0.1) is 0 Å². The van der Waals surface area contributed by atoms with Gasteiger partial charge in [0.1, 0.15) is 5.75 Å². The molecule has 0 bridgehead atoms. The summed E-state index contributed by atoms with van der Waals surface area (Å²) >= 11 is 12.5. The van der Waals surface area contributed by atoms with E-state index in [1.54, 1.807) is 32.0 Å². The molecule has 9 nitrogen and oxygen atoms in total. The second kappa shape index (κ2) is 10.1. The maximum absolute atomic E-state index is 11.9. The Balaban J connectivity index is 2.19. The summed E-state index contributed by atoms with van der Waals surface area (Å²) in [5.74, 6) is -1.35. The molecular weight excluding hydrogens is 447 g/mol. The average Bonchev–Trinajstić information content (AvgIpc) is 2.66. The lowest BCUT2D eigenvalue weighted by molar-refractivity contribution is -0.119. The van der Waals surface area contributed by atoms with Crippen LogP contribution in [0, 0.1) is 12.8 Å². The van der Waals surface area contributed by atoms with Crippen molar-refractivity contribution in [3.8, 4) is 11.5 Å². The number of anilines is 2. The summed E-state index contributed by atoms with van der Waals surface area (Å²) in [4.78, 5) is 37.1. The van der Waals surface area contributed by atoms with Crippen LogP contribution in [0.15, 0.2) is 35.3 Å². The summed E-state index contributed by atoms with van der Waals surface area (Å²) < 4.78 is 5.77. The third kappa shape index (κ3) is 6.59. The summed E-state index contributed by atoms with van der Waals surface area (Å²) in [6.45, 7) is 5.41. The van der Waals surface area contributed by atoms with Crippen LogP contribution in [0.2, 0.25) is 10.0 Å². The van der Waals surface area contributed by atoms with Crippen molar-refractivity contribution in [1.29, 1.82) is 0 Å². The van der Waals surface area contributed by atoms with Crippen molar-refractivity contribution in [3.05, 3.63) is 45.9 Å². The van der Waals surface area contributed by atoms with Crippen molar-refractivity contribution in [2.45, 2.75) is 20.8 Å². The molecule has 0 heterocycles. The summed E-state index contributed by atoms with van der Waals surface area (Å²) in [6.07, 6.45) is -1.60. The van der Waals surface area contributed by atoms with Crippen LogP contribution < -0.4 is 21.1 Å². The van der Waals surface area contributed by atoms with Gasteiger partial charge in [-0.25, -0.2) is 4.79 Å². The molecule has 0 saturated carbocycles. The van der Waals surface area contributed by atoms with E-state index in [-0.39, 0.29) is 33.3 Å². The number of aliphatic imine (C=N–C) groups is 1. The number of rotatable bonds is 5. The number of hydrogen-bond acceptors (Lipinski definition) is 4. The van der Waals surface area contributed by atoms with Crippen LogP contribution in [0.5, 0.6) is 11.5 Å². The van der Waals surface area contributed by atoms with E-state index in [0.29, 0.717) is 11.4 Å². The SMILES string of the molecule is Cc1cc(Oc2c(Cl)cc(NC(=O)/C(N)=N/C(=O)O)cc2Cl)ccc1NC(=O)C(C)C. The van der Waals surface area contributed by atoms with Crippen molar-refractivity contribution in [2.24, 2.45) is 16.6 Å². The number of nitrogens with zero attached hydrogens (tertiary/aromatic N) is 1. The number of amidine groups is 1.